The Kier molecular flexibility index (Phi) is 4.42. The fraction of sp³-hybridized carbons (Fsp3) is 0.211. The molecule has 0 unspecified atom stereocenters. The molecule has 0 atom stereocenters. The van der Waals surface area contributed by atoms with Crippen molar-refractivity contribution in [1.29, 1.82) is 0 Å². The van der Waals surface area contributed by atoms with Crippen molar-refractivity contribution in [3.05, 3.63) is 53.9 Å². The van der Waals surface area contributed by atoms with Gasteiger partial charge in [-0.3, -0.25) is 10.3 Å². The average molecular weight is 320 g/mol. The van der Waals surface area contributed by atoms with E-state index < -0.39 is 0 Å². The van der Waals surface area contributed by atoms with Crippen LogP contribution in [0, 0.1) is 13.8 Å². The van der Waals surface area contributed by atoms with Crippen LogP contribution < -0.4 is 10.6 Å². The van der Waals surface area contributed by atoms with Gasteiger partial charge in [0.05, 0.1) is 5.52 Å². The van der Waals surface area contributed by atoms with Crippen LogP contribution in [0.5, 0.6) is 0 Å². The van der Waals surface area contributed by atoms with Crippen LogP contribution in [0.3, 0.4) is 0 Å². The molecule has 0 aliphatic carbocycles. The first kappa shape index (κ1) is 15.9. The predicted octanol–water partition coefficient (Wildman–Crippen LogP) is 4.06. The van der Waals surface area contributed by atoms with Gasteiger partial charge in [-0.2, -0.15) is 0 Å². The molecule has 0 fully saturated rings. The van der Waals surface area contributed by atoms with Crippen molar-refractivity contribution >= 4 is 22.8 Å². The summed E-state index contributed by atoms with van der Waals surface area (Å²) >= 11 is 0. The third-order valence-electron chi connectivity index (χ3n) is 3.72. The quantitative estimate of drug-likeness (QED) is 0.765. The minimum Gasteiger partial charge on any atom is -0.338 e. The molecule has 0 radical (unpaired) electrons. The van der Waals surface area contributed by atoms with Gasteiger partial charge in [0.15, 0.2) is 0 Å². The first-order valence-electron chi connectivity index (χ1n) is 7.95. The Hall–Kier alpha value is -2.95. The molecule has 0 aliphatic heterocycles. The summed E-state index contributed by atoms with van der Waals surface area (Å²) in [7, 11) is 0. The summed E-state index contributed by atoms with van der Waals surface area (Å²) < 4.78 is 0. The van der Waals surface area contributed by atoms with Crippen LogP contribution in [0.1, 0.15) is 18.1 Å². The fourth-order valence-corrected chi connectivity index (χ4v) is 2.77. The summed E-state index contributed by atoms with van der Waals surface area (Å²) in [5.74, 6) is 0.546. The van der Waals surface area contributed by atoms with Crippen LogP contribution in [-0.4, -0.2) is 22.5 Å². The van der Waals surface area contributed by atoms with Gasteiger partial charge < -0.3 is 5.32 Å². The lowest BCUT2D eigenvalue weighted by molar-refractivity contribution is 0.252. The van der Waals surface area contributed by atoms with E-state index in [1.165, 1.54) is 11.1 Å². The molecule has 0 spiro atoms. The van der Waals surface area contributed by atoms with E-state index in [2.05, 4.69) is 52.6 Å². The molecule has 5 heteroatoms. The lowest BCUT2D eigenvalue weighted by Gasteiger charge is -2.13. The first-order chi connectivity index (χ1) is 11.6. The fourth-order valence-electron chi connectivity index (χ4n) is 2.77. The number of rotatable bonds is 3. The molecule has 1 aromatic carbocycles. The van der Waals surface area contributed by atoms with Crippen LogP contribution in [0.2, 0.25) is 0 Å². The van der Waals surface area contributed by atoms with Gasteiger partial charge in [0, 0.05) is 29.9 Å². The van der Waals surface area contributed by atoms with Gasteiger partial charge in [-0.25, -0.2) is 9.78 Å². The lowest BCUT2D eigenvalue weighted by atomic mass is 10.00. The van der Waals surface area contributed by atoms with E-state index in [1.54, 1.807) is 12.4 Å². The summed E-state index contributed by atoms with van der Waals surface area (Å²) in [6.07, 6.45) is 3.48. The van der Waals surface area contributed by atoms with Crippen molar-refractivity contribution in [2.45, 2.75) is 20.8 Å². The van der Waals surface area contributed by atoms with E-state index in [1.807, 2.05) is 19.1 Å². The number of hydrogen-bond acceptors (Lipinski definition) is 3. The number of benzene rings is 1. The average Bonchev–Trinajstić information content (AvgIpc) is 2.53. The molecule has 3 aromatic rings. The van der Waals surface area contributed by atoms with E-state index in [0.29, 0.717) is 12.4 Å². The molecule has 2 amide bonds. The Morgan fingerprint density at radius 2 is 1.88 bits per heavy atom. The van der Waals surface area contributed by atoms with Gasteiger partial charge in [0.25, 0.3) is 0 Å². The zero-order valence-corrected chi connectivity index (χ0v) is 14.1. The predicted molar refractivity (Wildman–Crippen MR) is 97.1 cm³/mol. The van der Waals surface area contributed by atoms with Crippen molar-refractivity contribution in [2.24, 2.45) is 0 Å². The maximum atomic E-state index is 12.0. The number of nitrogens with zero attached hydrogens (tertiary/aromatic N) is 2. The van der Waals surface area contributed by atoms with E-state index in [0.717, 1.165) is 22.0 Å². The number of aromatic nitrogens is 2. The Balaban J connectivity index is 2.17. The molecule has 2 heterocycles. The van der Waals surface area contributed by atoms with Gasteiger partial charge in [0.1, 0.15) is 5.82 Å². The van der Waals surface area contributed by atoms with Crippen LogP contribution in [0.15, 0.2) is 42.7 Å². The first-order valence-corrected chi connectivity index (χ1v) is 7.95. The monoisotopic (exact) mass is 320 g/mol. The van der Waals surface area contributed by atoms with Crippen molar-refractivity contribution in [3.63, 3.8) is 0 Å². The maximum Gasteiger partial charge on any atom is 0.320 e. The van der Waals surface area contributed by atoms with Gasteiger partial charge in [-0.1, -0.05) is 29.3 Å². The highest BCUT2D eigenvalue weighted by Gasteiger charge is 2.12. The SMILES string of the molecule is CCNC(=O)Nc1nc2ccncc2cc1-c1cc(C)cc(C)c1. The number of urea groups is 1. The van der Waals surface area contributed by atoms with E-state index in [-0.39, 0.29) is 6.03 Å². The smallest absolute Gasteiger partial charge is 0.320 e. The van der Waals surface area contributed by atoms with Crippen LogP contribution in [0.25, 0.3) is 22.0 Å². The van der Waals surface area contributed by atoms with Crippen molar-refractivity contribution in [3.8, 4) is 11.1 Å². The number of amides is 2. The summed E-state index contributed by atoms with van der Waals surface area (Å²) in [5.41, 5.74) is 5.04. The highest BCUT2D eigenvalue weighted by Crippen LogP contribution is 2.31. The summed E-state index contributed by atoms with van der Waals surface area (Å²) in [4.78, 5) is 20.8. The van der Waals surface area contributed by atoms with Crippen molar-refractivity contribution in [1.82, 2.24) is 15.3 Å². The molecule has 2 aromatic heterocycles. The van der Waals surface area contributed by atoms with Crippen LogP contribution in [0.4, 0.5) is 10.6 Å². The molecular weight excluding hydrogens is 300 g/mol. The largest absolute Gasteiger partial charge is 0.338 e. The molecule has 122 valence electrons. The molecule has 0 saturated carbocycles. The third-order valence-corrected chi connectivity index (χ3v) is 3.72. The number of carbonyl (C=O) groups excluding carboxylic acids is 1. The number of pyridine rings is 2. The second-order valence-corrected chi connectivity index (χ2v) is 5.81. The molecule has 2 N–H and O–H groups in total. The number of nitrogens with one attached hydrogen (secondary N) is 2. The molecule has 3 rings (SSSR count). The highest BCUT2D eigenvalue weighted by molar-refractivity contribution is 5.96. The summed E-state index contributed by atoms with van der Waals surface area (Å²) in [5, 5.41) is 6.54. The van der Waals surface area contributed by atoms with Gasteiger partial charge >= 0.3 is 6.03 Å². The second-order valence-electron chi connectivity index (χ2n) is 5.81. The van der Waals surface area contributed by atoms with E-state index in [9.17, 15) is 4.79 Å². The van der Waals surface area contributed by atoms with Gasteiger partial charge in [0.2, 0.25) is 0 Å². The molecule has 0 saturated heterocycles. The topological polar surface area (TPSA) is 66.9 Å². The molecule has 0 bridgehead atoms. The van der Waals surface area contributed by atoms with E-state index >= 15 is 0 Å². The minimum atomic E-state index is -0.260. The Morgan fingerprint density at radius 1 is 1.12 bits per heavy atom. The Morgan fingerprint density at radius 3 is 2.58 bits per heavy atom. The zero-order valence-electron chi connectivity index (χ0n) is 14.1. The minimum absolute atomic E-state index is 0.260. The number of carbonyl (C=O) groups is 1. The number of hydrogen-bond donors (Lipinski definition) is 2. The van der Waals surface area contributed by atoms with Crippen molar-refractivity contribution < 1.29 is 4.79 Å². The van der Waals surface area contributed by atoms with Gasteiger partial charge in [-0.05, 0) is 38.5 Å². The molecular formula is C19H20N4O. The third kappa shape index (κ3) is 3.35. The number of aryl methyl sites for hydroxylation is 2. The summed E-state index contributed by atoms with van der Waals surface area (Å²) in [6, 6.07) is 9.90. The molecule has 5 nitrogen and oxygen atoms in total. The van der Waals surface area contributed by atoms with E-state index in [4.69, 9.17) is 0 Å². The Bertz CT molecular complexity index is 885. The highest BCUT2D eigenvalue weighted by atomic mass is 16.2. The van der Waals surface area contributed by atoms with Crippen LogP contribution >= 0.6 is 0 Å². The molecule has 24 heavy (non-hydrogen) atoms. The van der Waals surface area contributed by atoms with Crippen molar-refractivity contribution in [2.75, 3.05) is 11.9 Å². The Labute approximate surface area is 141 Å². The lowest BCUT2D eigenvalue weighted by Crippen LogP contribution is -2.28. The number of fused-ring (bicyclic) bond motifs is 1. The zero-order chi connectivity index (χ0) is 17.1. The maximum absolute atomic E-state index is 12.0. The van der Waals surface area contributed by atoms with Crippen LogP contribution in [-0.2, 0) is 0 Å². The standard InChI is InChI=1S/C19H20N4O/c1-4-21-19(24)23-18-16(14-8-12(2)7-13(3)9-14)10-15-11-20-6-5-17(15)22-18/h5-11H,4H2,1-3H3,(H2,21,22,23,24). The number of anilines is 1. The summed E-state index contributed by atoms with van der Waals surface area (Å²) in [6.45, 7) is 6.55. The second kappa shape index (κ2) is 6.66. The molecule has 0 aliphatic rings. The van der Waals surface area contributed by atoms with Gasteiger partial charge in [-0.15, -0.1) is 0 Å². The normalized spacial score (nSPS) is 10.6.